The molecule has 0 bridgehead atoms. The number of aryl methyl sites for hydroxylation is 1. The first-order valence-electron chi connectivity index (χ1n) is 6.94. The van der Waals surface area contributed by atoms with Crippen LogP contribution in [0.5, 0.6) is 0 Å². The summed E-state index contributed by atoms with van der Waals surface area (Å²) in [6.45, 7) is 3.85. The van der Waals surface area contributed by atoms with Gasteiger partial charge in [0.15, 0.2) is 0 Å². The van der Waals surface area contributed by atoms with E-state index in [1.807, 2.05) is 12.1 Å². The lowest BCUT2D eigenvalue weighted by molar-refractivity contribution is 0.628. The Labute approximate surface area is 115 Å². The maximum atomic E-state index is 12.9. The van der Waals surface area contributed by atoms with Gasteiger partial charge < -0.3 is 0 Å². The van der Waals surface area contributed by atoms with Gasteiger partial charge in [0.1, 0.15) is 5.82 Å². The van der Waals surface area contributed by atoms with E-state index in [0.29, 0.717) is 0 Å². The monoisotopic (exact) mass is 255 g/mol. The van der Waals surface area contributed by atoms with Crippen LogP contribution in [-0.2, 0) is 6.42 Å². The van der Waals surface area contributed by atoms with Crippen LogP contribution in [0.1, 0.15) is 31.2 Å². The van der Waals surface area contributed by atoms with Crippen LogP contribution in [0, 0.1) is 12.7 Å². The van der Waals surface area contributed by atoms with Gasteiger partial charge in [0, 0.05) is 0 Å². The Morgan fingerprint density at radius 3 is 1.89 bits per heavy atom. The normalized spacial score (nSPS) is 10.6. The molecule has 0 N–H and O–H groups in total. The molecule has 2 aromatic rings. The average Bonchev–Trinajstić information content (AvgIpc) is 2.45. The van der Waals surface area contributed by atoms with Gasteiger partial charge in [0.2, 0.25) is 0 Å². The van der Waals surface area contributed by atoms with Crippen LogP contribution in [0.2, 0.25) is 0 Å². The van der Waals surface area contributed by atoms with E-state index in [1.54, 1.807) is 0 Å². The van der Waals surface area contributed by atoms with Gasteiger partial charge in [-0.05, 0) is 41.7 Å². The third-order valence-corrected chi connectivity index (χ3v) is 3.35. The fraction of sp³-hybridized carbons (Fsp3) is 0.278. The molecule has 0 spiro atoms. The number of hydrogen-bond acceptors (Lipinski definition) is 0. The predicted octanol–water partition coefficient (Wildman–Crippen LogP) is 5.43. The molecule has 0 aromatic heterocycles. The number of hydrogen-bond donors (Lipinski definition) is 0. The van der Waals surface area contributed by atoms with Gasteiger partial charge >= 0.3 is 0 Å². The van der Waals surface area contributed by atoms with Crippen LogP contribution in [0.25, 0.3) is 11.1 Å². The van der Waals surface area contributed by atoms with Crippen molar-refractivity contribution < 1.29 is 4.39 Å². The van der Waals surface area contributed by atoms with Gasteiger partial charge in [0.25, 0.3) is 0 Å². The van der Waals surface area contributed by atoms with Crippen molar-refractivity contribution in [1.29, 1.82) is 0 Å². The van der Waals surface area contributed by atoms with E-state index in [4.69, 9.17) is 0 Å². The van der Waals surface area contributed by atoms with Crippen molar-refractivity contribution >= 4 is 0 Å². The SMILES string of the molecule is [CH2]CCCCCc1ccc(-c2ccc(F)cc2)cc1. The molecule has 0 heterocycles. The molecule has 0 saturated heterocycles. The summed E-state index contributed by atoms with van der Waals surface area (Å²) in [5.74, 6) is -0.189. The van der Waals surface area contributed by atoms with Crippen molar-refractivity contribution in [2.75, 3.05) is 0 Å². The quantitative estimate of drug-likeness (QED) is 0.604. The summed E-state index contributed by atoms with van der Waals surface area (Å²) in [7, 11) is 0. The minimum atomic E-state index is -0.189. The molecule has 0 unspecified atom stereocenters. The van der Waals surface area contributed by atoms with E-state index in [0.717, 1.165) is 24.0 Å². The molecule has 0 nitrogen and oxygen atoms in total. The zero-order valence-corrected chi connectivity index (χ0v) is 11.2. The highest BCUT2D eigenvalue weighted by atomic mass is 19.1. The molecular formula is C18H20F. The van der Waals surface area contributed by atoms with E-state index >= 15 is 0 Å². The van der Waals surface area contributed by atoms with E-state index < -0.39 is 0 Å². The minimum absolute atomic E-state index is 0.189. The van der Waals surface area contributed by atoms with Crippen molar-refractivity contribution in [3.8, 4) is 11.1 Å². The third-order valence-electron chi connectivity index (χ3n) is 3.35. The number of unbranched alkanes of at least 4 members (excludes halogenated alkanes) is 3. The molecule has 2 aromatic carbocycles. The number of halogens is 1. The molecule has 0 amide bonds. The molecule has 0 atom stereocenters. The van der Waals surface area contributed by atoms with E-state index in [-0.39, 0.29) is 5.82 Å². The fourth-order valence-corrected chi connectivity index (χ4v) is 2.19. The molecule has 0 saturated carbocycles. The summed E-state index contributed by atoms with van der Waals surface area (Å²) < 4.78 is 12.9. The van der Waals surface area contributed by atoms with Gasteiger partial charge in [-0.2, -0.15) is 0 Å². The third kappa shape index (κ3) is 4.20. The molecule has 0 fully saturated rings. The summed E-state index contributed by atoms with van der Waals surface area (Å²) in [6.07, 6.45) is 5.86. The van der Waals surface area contributed by atoms with Crippen LogP contribution >= 0.6 is 0 Å². The highest BCUT2D eigenvalue weighted by Crippen LogP contribution is 2.20. The van der Waals surface area contributed by atoms with E-state index in [1.165, 1.54) is 37.0 Å². The fourth-order valence-electron chi connectivity index (χ4n) is 2.19. The van der Waals surface area contributed by atoms with Crippen molar-refractivity contribution in [3.63, 3.8) is 0 Å². The summed E-state index contributed by atoms with van der Waals surface area (Å²) in [6, 6.07) is 15.2. The predicted molar refractivity (Wildman–Crippen MR) is 79.4 cm³/mol. The van der Waals surface area contributed by atoms with Gasteiger partial charge in [-0.1, -0.05) is 62.6 Å². The van der Waals surface area contributed by atoms with Gasteiger partial charge in [-0.25, -0.2) is 4.39 Å². The molecular weight excluding hydrogens is 235 g/mol. The van der Waals surface area contributed by atoms with Crippen LogP contribution in [-0.4, -0.2) is 0 Å². The standard InChI is InChI=1S/C18H20F/c1-2-3-4-5-6-15-7-9-16(10-8-15)17-11-13-18(19)14-12-17/h7-14H,1-6H2. The summed E-state index contributed by atoms with van der Waals surface area (Å²) >= 11 is 0. The van der Waals surface area contributed by atoms with Crippen LogP contribution in [0.4, 0.5) is 4.39 Å². The lowest BCUT2D eigenvalue weighted by Gasteiger charge is -2.05. The maximum Gasteiger partial charge on any atom is 0.123 e. The van der Waals surface area contributed by atoms with Crippen LogP contribution in [0.3, 0.4) is 0 Å². The van der Waals surface area contributed by atoms with E-state index in [2.05, 4.69) is 31.2 Å². The Bertz CT molecular complexity index is 482. The highest BCUT2D eigenvalue weighted by Gasteiger charge is 1.99. The Kier molecular flexibility index (Phi) is 5.14. The topological polar surface area (TPSA) is 0 Å². The van der Waals surface area contributed by atoms with Gasteiger partial charge in [0.05, 0.1) is 0 Å². The second-order valence-electron chi connectivity index (χ2n) is 4.87. The first-order valence-corrected chi connectivity index (χ1v) is 6.94. The first-order chi connectivity index (χ1) is 9.29. The average molecular weight is 255 g/mol. The Hall–Kier alpha value is -1.63. The summed E-state index contributed by atoms with van der Waals surface area (Å²) in [5.41, 5.74) is 3.57. The molecule has 0 aliphatic rings. The van der Waals surface area contributed by atoms with Crippen molar-refractivity contribution in [2.45, 2.75) is 32.1 Å². The maximum absolute atomic E-state index is 12.9. The summed E-state index contributed by atoms with van der Waals surface area (Å²) in [4.78, 5) is 0. The highest BCUT2D eigenvalue weighted by molar-refractivity contribution is 5.63. The Morgan fingerprint density at radius 1 is 0.737 bits per heavy atom. The molecule has 99 valence electrons. The number of benzene rings is 2. The smallest absolute Gasteiger partial charge is 0.123 e. The molecule has 2 rings (SSSR count). The second-order valence-corrected chi connectivity index (χ2v) is 4.87. The van der Waals surface area contributed by atoms with Crippen LogP contribution in [0.15, 0.2) is 48.5 Å². The first kappa shape index (κ1) is 13.8. The molecule has 0 aliphatic heterocycles. The molecule has 19 heavy (non-hydrogen) atoms. The molecule has 1 heteroatoms. The van der Waals surface area contributed by atoms with Crippen LogP contribution < -0.4 is 0 Å². The zero-order valence-electron chi connectivity index (χ0n) is 11.2. The lowest BCUT2D eigenvalue weighted by atomic mass is 10.0. The lowest BCUT2D eigenvalue weighted by Crippen LogP contribution is -1.86. The zero-order chi connectivity index (χ0) is 13.5. The minimum Gasteiger partial charge on any atom is -0.207 e. The Balaban J connectivity index is 1.96. The molecule has 1 radical (unpaired) electrons. The van der Waals surface area contributed by atoms with Crippen molar-refractivity contribution in [2.24, 2.45) is 0 Å². The van der Waals surface area contributed by atoms with Gasteiger partial charge in [-0.15, -0.1) is 0 Å². The summed E-state index contributed by atoms with van der Waals surface area (Å²) in [5, 5.41) is 0. The molecule has 0 aliphatic carbocycles. The largest absolute Gasteiger partial charge is 0.207 e. The van der Waals surface area contributed by atoms with Gasteiger partial charge in [-0.3, -0.25) is 0 Å². The number of rotatable bonds is 6. The van der Waals surface area contributed by atoms with E-state index in [9.17, 15) is 4.39 Å². The van der Waals surface area contributed by atoms with Crippen molar-refractivity contribution in [1.82, 2.24) is 0 Å². The second kappa shape index (κ2) is 7.08. The van der Waals surface area contributed by atoms with Crippen molar-refractivity contribution in [3.05, 3.63) is 66.8 Å². The Morgan fingerprint density at radius 2 is 1.32 bits per heavy atom.